The van der Waals surface area contributed by atoms with Crippen LogP contribution in [0.5, 0.6) is 5.75 Å². The number of hydrogen-bond donors (Lipinski definition) is 0. The zero-order valence-corrected chi connectivity index (χ0v) is 20.7. The second-order valence-electron chi connectivity index (χ2n) is 8.34. The average Bonchev–Trinajstić information content (AvgIpc) is 2.87. The topological polar surface area (TPSA) is 102 Å². The van der Waals surface area contributed by atoms with Crippen molar-refractivity contribution in [3.05, 3.63) is 29.8 Å². The third-order valence-electron chi connectivity index (χ3n) is 6.20. The van der Waals surface area contributed by atoms with Crippen LogP contribution in [0.1, 0.15) is 44.6 Å². The molecular weight excluding hydrogens is 460 g/mol. The molecule has 2 aliphatic rings. The van der Waals surface area contributed by atoms with Crippen LogP contribution < -0.4 is 4.74 Å². The number of methoxy groups -OCH3 is 1. The first-order chi connectivity index (χ1) is 16.4. The molecule has 1 aliphatic carbocycles. The lowest BCUT2D eigenvalue weighted by molar-refractivity contribution is -0.149. The van der Waals surface area contributed by atoms with E-state index in [1.807, 2.05) is 6.92 Å². The van der Waals surface area contributed by atoms with E-state index in [1.165, 1.54) is 36.1 Å². The Morgan fingerprint density at radius 3 is 2.53 bits per heavy atom. The fraction of sp³-hybridized carbons (Fsp3) is 0.583. The zero-order valence-electron chi connectivity index (χ0n) is 19.9. The molecule has 0 radical (unpaired) electrons. The van der Waals surface area contributed by atoms with Crippen LogP contribution in [0, 0.1) is 0 Å². The van der Waals surface area contributed by atoms with E-state index >= 15 is 0 Å². The Morgan fingerprint density at radius 2 is 1.88 bits per heavy atom. The van der Waals surface area contributed by atoms with Crippen LogP contribution in [0.3, 0.4) is 0 Å². The molecule has 0 spiro atoms. The van der Waals surface area contributed by atoms with E-state index < -0.39 is 16.0 Å². The molecule has 1 aromatic carbocycles. The van der Waals surface area contributed by atoms with Gasteiger partial charge in [-0.15, -0.1) is 0 Å². The number of amides is 1. The van der Waals surface area contributed by atoms with E-state index in [1.54, 1.807) is 17.0 Å². The number of sulfonamides is 1. The molecule has 0 bridgehead atoms. The minimum Gasteiger partial charge on any atom is -0.495 e. The summed E-state index contributed by atoms with van der Waals surface area (Å²) in [5, 5.41) is 0. The molecule has 0 aromatic heterocycles. The first-order valence-electron chi connectivity index (χ1n) is 11.8. The predicted octanol–water partition coefficient (Wildman–Crippen LogP) is 2.45. The van der Waals surface area contributed by atoms with Crippen LogP contribution in [0.15, 0.2) is 29.2 Å². The number of hydrogen-bond acceptors (Lipinski definition) is 7. The van der Waals surface area contributed by atoms with Crippen molar-refractivity contribution >= 4 is 28.0 Å². The second kappa shape index (κ2) is 12.3. The maximum absolute atomic E-state index is 13.1. The summed E-state index contributed by atoms with van der Waals surface area (Å²) in [5.41, 5.74) is 0.494. The molecule has 1 heterocycles. The highest BCUT2D eigenvalue weighted by molar-refractivity contribution is 7.89. The average molecular weight is 495 g/mol. The molecule has 188 valence electrons. The van der Waals surface area contributed by atoms with E-state index in [-0.39, 0.29) is 42.3 Å². The van der Waals surface area contributed by atoms with Gasteiger partial charge in [0, 0.05) is 31.8 Å². The monoisotopic (exact) mass is 494 g/mol. The van der Waals surface area contributed by atoms with Crippen LogP contribution in [-0.2, 0) is 29.1 Å². The molecule has 3 rings (SSSR count). The third kappa shape index (κ3) is 6.58. The highest BCUT2D eigenvalue weighted by Gasteiger charge is 2.29. The van der Waals surface area contributed by atoms with Gasteiger partial charge in [-0.2, -0.15) is 4.31 Å². The summed E-state index contributed by atoms with van der Waals surface area (Å²) in [6.07, 6.45) is 8.05. The second-order valence-corrected chi connectivity index (χ2v) is 10.2. The van der Waals surface area contributed by atoms with Gasteiger partial charge in [0.25, 0.3) is 5.91 Å². The van der Waals surface area contributed by atoms with Gasteiger partial charge in [0.2, 0.25) is 10.0 Å². The van der Waals surface area contributed by atoms with Gasteiger partial charge in [0.05, 0.1) is 20.3 Å². The van der Waals surface area contributed by atoms with Crippen LogP contribution in [-0.4, -0.2) is 82.1 Å². The fourth-order valence-corrected chi connectivity index (χ4v) is 5.98. The van der Waals surface area contributed by atoms with Crippen molar-refractivity contribution in [2.75, 3.05) is 46.6 Å². The lowest BCUT2D eigenvalue weighted by Crippen LogP contribution is -2.43. The van der Waals surface area contributed by atoms with Gasteiger partial charge < -0.3 is 19.1 Å². The molecule has 0 N–H and O–H groups in total. The summed E-state index contributed by atoms with van der Waals surface area (Å²) >= 11 is 0. The van der Waals surface area contributed by atoms with Crippen molar-refractivity contribution in [2.24, 2.45) is 0 Å². The standard InChI is InChI=1S/C24H34N2O7S/c1-3-26(20-7-5-4-6-8-20)23(27)18-33-24(28)12-10-19-9-11-21(31-2)22(17-19)34(29,30)25-13-15-32-16-14-25/h9-12,17,20H,3-8,13-16,18H2,1-2H3/b12-10+. The Bertz CT molecular complexity index is 981. The number of likely N-dealkylation sites (N-methyl/N-ethyl adjacent to an activating group) is 1. The van der Waals surface area contributed by atoms with Crippen molar-refractivity contribution in [1.82, 2.24) is 9.21 Å². The number of benzene rings is 1. The summed E-state index contributed by atoms with van der Waals surface area (Å²) in [6, 6.07) is 4.87. The van der Waals surface area contributed by atoms with E-state index in [0.717, 1.165) is 25.7 Å². The number of nitrogens with zero attached hydrogens (tertiary/aromatic N) is 2. The van der Waals surface area contributed by atoms with Gasteiger partial charge in [-0.05, 0) is 43.5 Å². The fourth-order valence-electron chi connectivity index (χ4n) is 4.38. The molecule has 1 amide bonds. The number of carbonyl (C=O) groups excluding carboxylic acids is 2. The number of carbonyl (C=O) groups is 2. The Kier molecular flexibility index (Phi) is 9.49. The van der Waals surface area contributed by atoms with Crippen molar-refractivity contribution in [2.45, 2.75) is 50.0 Å². The first-order valence-corrected chi connectivity index (χ1v) is 13.2. The predicted molar refractivity (Wildman–Crippen MR) is 127 cm³/mol. The Balaban J connectivity index is 1.63. The van der Waals surface area contributed by atoms with Crippen molar-refractivity contribution in [3.8, 4) is 5.75 Å². The van der Waals surface area contributed by atoms with E-state index in [2.05, 4.69) is 0 Å². The first kappa shape index (κ1) is 26.2. The summed E-state index contributed by atoms with van der Waals surface area (Å²) < 4.78 is 43.2. The van der Waals surface area contributed by atoms with Gasteiger partial charge in [-0.25, -0.2) is 13.2 Å². The minimum absolute atomic E-state index is 0.0219. The normalized spacial score (nSPS) is 18.1. The highest BCUT2D eigenvalue weighted by Crippen LogP contribution is 2.29. The molecule has 0 atom stereocenters. The van der Waals surface area contributed by atoms with Gasteiger partial charge in [0.15, 0.2) is 6.61 Å². The molecule has 10 heteroatoms. The number of esters is 1. The smallest absolute Gasteiger partial charge is 0.331 e. The summed E-state index contributed by atoms with van der Waals surface area (Å²) in [7, 11) is -2.38. The van der Waals surface area contributed by atoms with Crippen LogP contribution in [0.25, 0.3) is 6.08 Å². The molecule has 34 heavy (non-hydrogen) atoms. The number of ether oxygens (including phenoxy) is 3. The maximum atomic E-state index is 13.1. The quantitative estimate of drug-likeness (QED) is 0.384. The number of rotatable bonds is 9. The lowest BCUT2D eigenvalue weighted by Gasteiger charge is -2.33. The summed E-state index contributed by atoms with van der Waals surface area (Å²) in [6.45, 7) is 3.41. The molecule has 9 nitrogen and oxygen atoms in total. The Hall–Kier alpha value is -2.43. The molecule has 1 saturated heterocycles. The Labute approximate surface area is 201 Å². The van der Waals surface area contributed by atoms with Gasteiger partial charge in [0.1, 0.15) is 10.6 Å². The molecule has 0 unspecified atom stereocenters. The van der Waals surface area contributed by atoms with Crippen LogP contribution >= 0.6 is 0 Å². The van der Waals surface area contributed by atoms with Crippen molar-refractivity contribution in [3.63, 3.8) is 0 Å². The van der Waals surface area contributed by atoms with Crippen molar-refractivity contribution in [1.29, 1.82) is 0 Å². The van der Waals surface area contributed by atoms with Crippen LogP contribution in [0.4, 0.5) is 0 Å². The Morgan fingerprint density at radius 1 is 1.18 bits per heavy atom. The van der Waals surface area contributed by atoms with E-state index in [9.17, 15) is 18.0 Å². The molecular formula is C24H34N2O7S. The molecule has 1 aromatic rings. The summed E-state index contributed by atoms with van der Waals surface area (Å²) in [5.74, 6) is -0.639. The van der Waals surface area contributed by atoms with Gasteiger partial charge in [-0.3, -0.25) is 4.79 Å². The molecule has 2 fully saturated rings. The molecule has 1 saturated carbocycles. The van der Waals surface area contributed by atoms with E-state index in [0.29, 0.717) is 25.3 Å². The molecule has 1 aliphatic heterocycles. The number of morpholine rings is 1. The SMILES string of the molecule is CCN(C(=O)COC(=O)/C=C/c1ccc(OC)c(S(=O)(=O)N2CCOCC2)c1)C1CCCCC1. The van der Waals surface area contributed by atoms with Crippen molar-refractivity contribution < 1.29 is 32.2 Å². The zero-order chi connectivity index (χ0) is 24.6. The highest BCUT2D eigenvalue weighted by atomic mass is 32.2. The van der Waals surface area contributed by atoms with Crippen LogP contribution in [0.2, 0.25) is 0 Å². The van der Waals surface area contributed by atoms with Gasteiger partial charge >= 0.3 is 5.97 Å². The van der Waals surface area contributed by atoms with E-state index in [4.69, 9.17) is 14.2 Å². The minimum atomic E-state index is -3.78. The lowest BCUT2D eigenvalue weighted by atomic mass is 9.94. The third-order valence-corrected chi connectivity index (χ3v) is 8.12. The summed E-state index contributed by atoms with van der Waals surface area (Å²) in [4.78, 5) is 26.6. The largest absolute Gasteiger partial charge is 0.495 e. The van der Waals surface area contributed by atoms with Gasteiger partial charge in [-0.1, -0.05) is 25.3 Å². The maximum Gasteiger partial charge on any atom is 0.331 e.